The minimum atomic E-state index is -0.335. The highest BCUT2D eigenvalue weighted by atomic mass is 35.5. The number of carbonyl (C=O) groups is 1. The molecule has 0 radical (unpaired) electrons. The van der Waals surface area contributed by atoms with Gasteiger partial charge < -0.3 is 14.4 Å². The zero-order valence-corrected chi connectivity index (χ0v) is 23.2. The van der Waals surface area contributed by atoms with Crippen molar-refractivity contribution in [3.8, 4) is 5.75 Å². The number of rotatable bonds is 9. The van der Waals surface area contributed by atoms with Gasteiger partial charge in [-0.05, 0) is 87.4 Å². The number of nitrogens with zero attached hydrogens (tertiary/aromatic N) is 2. The van der Waals surface area contributed by atoms with Crippen LogP contribution < -0.4 is 4.74 Å². The van der Waals surface area contributed by atoms with Crippen molar-refractivity contribution >= 4 is 29.2 Å². The molecule has 0 aromatic heterocycles. The molecule has 0 spiro atoms. The molecule has 37 heavy (non-hydrogen) atoms. The summed E-state index contributed by atoms with van der Waals surface area (Å²) in [6.07, 6.45) is 5.59. The molecule has 0 aliphatic carbocycles. The van der Waals surface area contributed by atoms with Crippen molar-refractivity contribution in [3.05, 3.63) is 63.4 Å². The molecule has 0 bridgehead atoms. The van der Waals surface area contributed by atoms with Crippen molar-refractivity contribution in [2.24, 2.45) is 5.92 Å². The number of halogens is 3. The van der Waals surface area contributed by atoms with E-state index in [1.807, 2.05) is 12.1 Å². The largest absolute Gasteiger partial charge is 0.490 e. The van der Waals surface area contributed by atoms with Gasteiger partial charge in [-0.15, -0.1) is 0 Å². The van der Waals surface area contributed by atoms with Gasteiger partial charge >= 0.3 is 5.97 Å². The number of carbonyl (C=O) groups excluding carboxylic acids is 1. The van der Waals surface area contributed by atoms with Crippen molar-refractivity contribution in [2.45, 2.75) is 57.6 Å². The number of benzene rings is 2. The van der Waals surface area contributed by atoms with E-state index in [1.54, 1.807) is 12.1 Å². The Morgan fingerprint density at radius 3 is 2.32 bits per heavy atom. The number of hydrogen-bond acceptors (Lipinski definition) is 5. The lowest BCUT2D eigenvalue weighted by Gasteiger charge is -2.39. The molecule has 4 rings (SSSR count). The SMILES string of the molecule is CCc1c(OC2CCN(CC3CCN([C@@H](Cc4ccc(F)cc4)C(=O)OC)CC3)CC2)ccc(Cl)c1Cl. The molecule has 2 aromatic carbocycles. The predicted octanol–water partition coefficient (Wildman–Crippen LogP) is 6.03. The lowest BCUT2D eigenvalue weighted by Crippen LogP contribution is -2.49. The van der Waals surface area contributed by atoms with E-state index >= 15 is 0 Å². The molecule has 0 saturated carbocycles. The fourth-order valence-electron chi connectivity index (χ4n) is 5.56. The lowest BCUT2D eigenvalue weighted by atomic mass is 9.93. The molecular formula is C29H37Cl2FN2O3. The second-order valence-electron chi connectivity index (χ2n) is 10.2. The molecule has 2 heterocycles. The Kier molecular flexibility index (Phi) is 10.1. The normalized spacial score (nSPS) is 19.1. The Labute approximate surface area is 229 Å². The van der Waals surface area contributed by atoms with E-state index in [0.29, 0.717) is 22.4 Å². The first-order chi connectivity index (χ1) is 17.9. The van der Waals surface area contributed by atoms with Gasteiger partial charge in [0.15, 0.2) is 0 Å². The fourth-order valence-corrected chi connectivity index (χ4v) is 6.02. The maximum Gasteiger partial charge on any atom is 0.323 e. The van der Waals surface area contributed by atoms with Crippen molar-refractivity contribution in [1.29, 1.82) is 0 Å². The Hall–Kier alpha value is -1.86. The fraction of sp³-hybridized carbons (Fsp3) is 0.552. The number of ether oxygens (including phenoxy) is 2. The molecular weight excluding hydrogens is 514 g/mol. The van der Waals surface area contributed by atoms with Crippen LogP contribution in [0.4, 0.5) is 4.39 Å². The lowest BCUT2D eigenvalue weighted by molar-refractivity contribution is -0.147. The Morgan fingerprint density at radius 1 is 1.03 bits per heavy atom. The third kappa shape index (κ3) is 7.38. The van der Waals surface area contributed by atoms with Gasteiger partial charge in [-0.2, -0.15) is 0 Å². The Morgan fingerprint density at radius 2 is 1.70 bits per heavy atom. The summed E-state index contributed by atoms with van der Waals surface area (Å²) >= 11 is 12.6. The second kappa shape index (κ2) is 13.3. The summed E-state index contributed by atoms with van der Waals surface area (Å²) in [6.45, 7) is 6.90. The van der Waals surface area contributed by atoms with Crippen LogP contribution in [0.5, 0.6) is 5.75 Å². The first kappa shape index (κ1) is 28.2. The molecule has 5 nitrogen and oxygen atoms in total. The summed E-state index contributed by atoms with van der Waals surface area (Å²) < 4.78 is 24.7. The molecule has 2 aliphatic heterocycles. The maximum absolute atomic E-state index is 13.3. The van der Waals surface area contributed by atoms with E-state index in [-0.39, 0.29) is 23.9 Å². The van der Waals surface area contributed by atoms with Gasteiger partial charge in [0, 0.05) is 25.2 Å². The van der Waals surface area contributed by atoms with Crippen molar-refractivity contribution in [3.63, 3.8) is 0 Å². The van der Waals surface area contributed by atoms with Crippen LogP contribution in [0.3, 0.4) is 0 Å². The highest BCUT2D eigenvalue weighted by molar-refractivity contribution is 6.42. The molecule has 0 N–H and O–H groups in total. The van der Waals surface area contributed by atoms with Crippen LogP contribution in [0.15, 0.2) is 36.4 Å². The number of likely N-dealkylation sites (tertiary alicyclic amines) is 2. The summed E-state index contributed by atoms with van der Waals surface area (Å²) in [6, 6.07) is 9.79. The Balaban J connectivity index is 1.24. The number of hydrogen-bond donors (Lipinski definition) is 0. The monoisotopic (exact) mass is 550 g/mol. The second-order valence-corrected chi connectivity index (χ2v) is 10.9. The zero-order valence-electron chi connectivity index (χ0n) is 21.7. The van der Waals surface area contributed by atoms with Crippen molar-refractivity contribution in [2.75, 3.05) is 39.8 Å². The highest BCUT2D eigenvalue weighted by Gasteiger charge is 2.32. The van der Waals surface area contributed by atoms with E-state index < -0.39 is 0 Å². The average Bonchev–Trinajstić information content (AvgIpc) is 2.92. The summed E-state index contributed by atoms with van der Waals surface area (Å²) in [7, 11) is 1.44. The molecule has 0 unspecified atom stereocenters. The number of methoxy groups -OCH3 is 1. The van der Waals surface area contributed by atoms with E-state index in [2.05, 4.69) is 16.7 Å². The first-order valence-corrected chi connectivity index (χ1v) is 14.1. The molecule has 8 heteroatoms. The molecule has 1 atom stereocenters. The first-order valence-electron chi connectivity index (χ1n) is 13.3. The smallest absolute Gasteiger partial charge is 0.323 e. The summed E-state index contributed by atoms with van der Waals surface area (Å²) in [4.78, 5) is 17.3. The van der Waals surface area contributed by atoms with Crippen LogP contribution in [-0.2, 0) is 22.4 Å². The zero-order chi connectivity index (χ0) is 26.4. The Bertz CT molecular complexity index is 1040. The summed E-state index contributed by atoms with van der Waals surface area (Å²) in [5.74, 6) is 0.969. The number of piperidine rings is 2. The van der Waals surface area contributed by atoms with Gasteiger partial charge in [-0.25, -0.2) is 4.39 Å². The molecule has 202 valence electrons. The van der Waals surface area contributed by atoms with Gasteiger partial charge in [-0.1, -0.05) is 42.3 Å². The van der Waals surface area contributed by atoms with Gasteiger partial charge in [0.2, 0.25) is 0 Å². The average molecular weight is 552 g/mol. The van der Waals surface area contributed by atoms with Crippen molar-refractivity contribution in [1.82, 2.24) is 9.80 Å². The molecule has 2 saturated heterocycles. The van der Waals surface area contributed by atoms with E-state index in [9.17, 15) is 9.18 Å². The van der Waals surface area contributed by atoms with E-state index in [1.165, 1.54) is 19.2 Å². The van der Waals surface area contributed by atoms with Crippen LogP contribution in [0.1, 0.15) is 43.7 Å². The third-order valence-corrected chi connectivity index (χ3v) is 8.60. The van der Waals surface area contributed by atoms with E-state index in [0.717, 1.165) is 81.7 Å². The quantitative estimate of drug-likeness (QED) is 0.356. The van der Waals surface area contributed by atoms with Gasteiger partial charge in [0.1, 0.15) is 23.7 Å². The number of esters is 1. The third-order valence-electron chi connectivity index (χ3n) is 7.76. The maximum atomic E-state index is 13.3. The summed E-state index contributed by atoms with van der Waals surface area (Å²) in [5.41, 5.74) is 1.92. The minimum Gasteiger partial charge on any atom is -0.490 e. The van der Waals surface area contributed by atoms with Crippen LogP contribution >= 0.6 is 23.2 Å². The standard InChI is InChI=1S/C29H37Cl2FN2O3/c1-3-24-27(9-8-25(30)28(24)31)37-23-12-14-33(15-13-23)19-21-10-16-34(17-11-21)26(29(35)36-2)18-20-4-6-22(32)7-5-20/h4-9,21,23,26H,3,10-19H2,1-2H3/t26-/m0/s1. The molecule has 2 fully saturated rings. The van der Waals surface area contributed by atoms with Gasteiger partial charge in [0.05, 0.1) is 17.2 Å². The van der Waals surface area contributed by atoms with Gasteiger partial charge in [-0.3, -0.25) is 9.69 Å². The summed E-state index contributed by atoms with van der Waals surface area (Å²) in [5, 5.41) is 1.16. The molecule has 0 amide bonds. The van der Waals surface area contributed by atoms with Crippen LogP contribution in [0.25, 0.3) is 0 Å². The predicted molar refractivity (Wildman–Crippen MR) is 146 cm³/mol. The van der Waals surface area contributed by atoms with Crippen LogP contribution in [-0.4, -0.2) is 67.7 Å². The molecule has 2 aliphatic rings. The van der Waals surface area contributed by atoms with Gasteiger partial charge in [0.25, 0.3) is 0 Å². The highest BCUT2D eigenvalue weighted by Crippen LogP contribution is 2.35. The molecule has 2 aromatic rings. The minimum absolute atomic E-state index is 0.188. The van der Waals surface area contributed by atoms with E-state index in [4.69, 9.17) is 32.7 Å². The topological polar surface area (TPSA) is 42.0 Å². The van der Waals surface area contributed by atoms with Crippen molar-refractivity contribution < 1.29 is 18.7 Å². The van der Waals surface area contributed by atoms with Crippen LogP contribution in [0, 0.1) is 11.7 Å². The van der Waals surface area contributed by atoms with Crippen LogP contribution in [0.2, 0.25) is 10.0 Å².